The monoisotopic (exact) mass is 219 g/mol. The topological polar surface area (TPSA) is 52.3 Å². The molecule has 0 aromatic carbocycles. The summed E-state index contributed by atoms with van der Waals surface area (Å²) >= 11 is 0. The first-order chi connectivity index (χ1) is 6.46. The second kappa shape index (κ2) is 4.73. The molecule has 0 aromatic heterocycles. The summed E-state index contributed by atoms with van der Waals surface area (Å²) in [5.41, 5.74) is 0. The van der Waals surface area contributed by atoms with Crippen molar-refractivity contribution >= 4 is 11.0 Å². The number of ether oxygens (including phenoxy) is 1. The average Bonchev–Trinajstić information content (AvgIpc) is 2.17. The largest absolute Gasteiger partial charge is 0.381 e. The lowest BCUT2D eigenvalue weighted by Gasteiger charge is -2.37. The molecule has 3 nitrogen and oxygen atoms in total. The van der Waals surface area contributed by atoms with Crippen molar-refractivity contribution in [2.45, 2.75) is 38.4 Å². The predicted octanol–water partition coefficient (Wildman–Crippen LogP) is 1.45. The van der Waals surface area contributed by atoms with Gasteiger partial charge in [-0.25, -0.2) is 4.21 Å². The van der Waals surface area contributed by atoms with Crippen LogP contribution in [0, 0.1) is 11.8 Å². The van der Waals surface area contributed by atoms with Crippen molar-refractivity contribution < 1.29 is 8.95 Å². The van der Waals surface area contributed by atoms with Gasteiger partial charge in [0.25, 0.3) is 0 Å². The van der Waals surface area contributed by atoms with E-state index in [1.807, 2.05) is 13.8 Å². The second-order valence-corrected chi connectivity index (χ2v) is 6.29. The van der Waals surface area contributed by atoms with Crippen molar-refractivity contribution in [3.8, 4) is 0 Å². The van der Waals surface area contributed by atoms with Gasteiger partial charge in [-0.3, -0.25) is 5.14 Å². The molecule has 84 valence electrons. The molecule has 0 bridgehead atoms. The van der Waals surface area contributed by atoms with E-state index in [2.05, 4.69) is 6.92 Å². The van der Waals surface area contributed by atoms with Gasteiger partial charge in [-0.1, -0.05) is 6.92 Å². The minimum atomic E-state index is -1.25. The van der Waals surface area contributed by atoms with Gasteiger partial charge in [0.2, 0.25) is 0 Å². The van der Waals surface area contributed by atoms with Gasteiger partial charge in [0.15, 0.2) is 0 Å². The van der Waals surface area contributed by atoms with Crippen molar-refractivity contribution in [3.05, 3.63) is 0 Å². The minimum absolute atomic E-state index is 0.290. The third-order valence-corrected chi connectivity index (χ3v) is 5.00. The zero-order valence-corrected chi connectivity index (χ0v) is 10.1. The Morgan fingerprint density at radius 1 is 1.43 bits per heavy atom. The average molecular weight is 219 g/mol. The second-order valence-electron chi connectivity index (χ2n) is 4.64. The molecule has 14 heavy (non-hydrogen) atoms. The number of hydrogen-bond acceptors (Lipinski definition) is 2. The Hall–Kier alpha value is 0.0700. The van der Waals surface area contributed by atoms with Crippen LogP contribution in [0.1, 0.15) is 33.6 Å². The van der Waals surface area contributed by atoms with Gasteiger partial charge in [-0.05, 0) is 38.5 Å². The van der Waals surface area contributed by atoms with E-state index in [9.17, 15) is 4.21 Å². The SMILES string of the molecule is CC(C1CCOCC1)C(C)(C)S(N)=O. The highest BCUT2D eigenvalue weighted by molar-refractivity contribution is 7.84. The fourth-order valence-corrected chi connectivity index (χ4v) is 2.53. The number of hydrogen-bond donors (Lipinski definition) is 1. The van der Waals surface area contributed by atoms with Gasteiger partial charge < -0.3 is 4.74 Å². The van der Waals surface area contributed by atoms with Crippen LogP contribution in [0.2, 0.25) is 0 Å². The first kappa shape index (κ1) is 12.1. The summed E-state index contributed by atoms with van der Waals surface area (Å²) in [6.07, 6.45) is 2.14. The van der Waals surface area contributed by atoms with E-state index < -0.39 is 11.0 Å². The summed E-state index contributed by atoms with van der Waals surface area (Å²) in [5.74, 6) is 0.989. The van der Waals surface area contributed by atoms with Gasteiger partial charge in [0, 0.05) is 13.2 Å². The lowest BCUT2D eigenvalue weighted by molar-refractivity contribution is 0.0442. The van der Waals surface area contributed by atoms with E-state index >= 15 is 0 Å². The quantitative estimate of drug-likeness (QED) is 0.781. The Morgan fingerprint density at radius 2 is 1.93 bits per heavy atom. The lowest BCUT2D eigenvalue weighted by Crippen LogP contribution is -2.43. The molecule has 1 fully saturated rings. The highest BCUT2D eigenvalue weighted by Crippen LogP contribution is 2.33. The van der Waals surface area contributed by atoms with Gasteiger partial charge in [0.05, 0.1) is 15.7 Å². The van der Waals surface area contributed by atoms with Crippen LogP contribution in [-0.2, 0) is 15.7 Å². The summed E-state index contributed by atoms with van der Waals surface area (Å²) in [6, 6.07) is 0. The third kappa shape index (κ3) is 2.55. The van der Waals surface area contributed by atoms with E-state index in [0.29, 0.717) is 11.8 Å². The maximum atomic E-state index is 11.4. The van der Waals surface area contributed by atoms with Crippen LogP contribution in [0.5, 0.6) is 0 Å². The summed E-state index contributed by atoms with van der Waals surface area (Å²) in [7, 11) is -1.25. The van der Waals surface area contributed by atoms with Crippen molar-refractivity contribution in [1.82, 2.24) is 0 Å². The fraction of sp³-hybridized carbons (Fsp3) is 1.00. The van der Waals surface area contributed by atoms with Crippen molar-refractivity contribution in [2.75, 3.05) is 13.2 Å². The molecule has 1 aliphatic rings. The molecular weight excluding hydrogens is 198 g/mol. The molecular formula is C10H21NO2S. The van der Waals surface area contributed by atoms with Crippen LogP contribution >= 0.6 is 0 Å². The molecule has 4 heteroatoms. The first-order valence-corrected chi connectivity index (χ1v) is 6.41. The van der Waals surface area contributed by atoms with Gasteiger partial charge in [-0.15, -0.1) is 0 Å². The Labute approximate surface area is 89.0 Å². The van der Waals surface area contributed by atoms with Crippen LogP contribution in [0.25, 0.3) is 0 Å². The number of rotatable bonds is 3. The summed E-state index contributed by atoms with van der Waals surface area (Å²) in [5, 5.41) is 5.52. The highest BCUT2D eigenvalue weighted by Gasteiger charge is 2.36. The van der Waals surface area contributed by atoms with E-state index in [0.717, 1.165) is 26.1 Å². The molecule has 2 N–H and O–H groups in total. The van der Waals surface area contributed by atoms with Gasteiger partial charge in [-0.2, -0.15) is 0 Å². The molecule has 1 aliphatic heterocycles. The Kier molecular flexibility index (Phi) is 4.10. The Morgan fingerprint density at radius 3 is 2.36 bits per heavy atom. The first-order valence-electron chi connectivity index (χ1n) is 5.20. The summed E-state index contributed by atoms with van der Waals surface area (Å²) in [6.45, 7) is 7.80. The maximum absolute atomic E-state index is 11.4. The standard InChI is InChI=1S/C10H21NO2S/c1-8(10(2,3)14(11)12)9-4-6-13-7-5-9/h8-9H,4-7,11H2,1-3H3. The van der Waals surface area contributed by atoms with Gasteiger partial charge in [0.1, 0.15) is 0 Å². The molecule has 0 saturated carbocycles. The molecule has 0 aromatic rings. The molecule has 0 aliphatic carbocycles. The summed E-state index contributed by atoms with van der Waals surface area (Å²) in [4.78, 5) is 0. The van der Waals surface area contributed by atoms with Crippen LogP contribution < -0.4 is 5.14 Å². The van der Waals surface area contributed by atoms with E-state index in [1.54, 1.807) is 0 Å². The lowest BCUT2D eigenvalue weighted by atomic mass is 9.80. The van der Waals surface area contributed by atoms with Crippen molar-refractivity contribution in [2.24, 2.45) is 17.0 Å². The highest BCUT2D eigenvalue weighted by atomic mass is 32.2. The molecule has 0 spiro atoms. The molecule has 2 unspecified atom stereocenters. The fourth-order valence-electron chi connectivity index (χ4n) is 1.97. The summed E-state index contributed by atoms with van der Waals surface area (Å²) < 4.78 is 16.4. The van der Waals surface area contributed by atoms with Gasteiger partial charge >= 0.3 is 0 Å². The van der Waals surface area contributed by atoms with Crippen molar-refractivity contribution in [3.63, 3.8) is 0 Å². The van der Waals surface area contributed by atoms with Crippen LogP contribution in [0.4, 0.5) is 0 Å². The third-order valence-electron chi connectivity index (χ3n) is 3.59. The molecule has 1 rings (SSSR count). The maximum Gasteiger partial charge on any atom is 0.0948 e. The number of nitrogens with two attached hydrogens (primary N) is 1. The molecule has 0 amide bonds. The zero-order chi connectivity index (χ0) is 10.8. The van der Waals surface area contributed by atoms with E-state index in [4.69, 9.17) is 9.88 Å². The zero-order valence-electron chi connectivity index (χ0n) is 9.29. The predicted molar refractivity (Wildman–Crippen MR) is 59.1 cm³/mol. The molecule has 0 radical (unpaired) electrons. The van der Waals surface area contributed by atoms with E-state index in [-0.39, 0.29) is 4.75 Å². The minimum Gasteiger partial charge on any atom is -0.381 e. The smallest absolute Gasteiger partial charge is 0.0948 e. The van der Waals surface area contributed by atoms with Crippen LogP contribution in [-0.4, -0.2) is 22.2 Å². The normalized spacial score (nSPS) is 24.6. The van der Waals surface area contributed by atoms with Crippen LogP contribution in [0.3, 0.4) is 0 Å². The Bertz CT molecular complexity index is 212. The van der Waals surface area contributed by atoms with E-state index in [1.165, 1.54) is 0 Å². The van der Waals surface area contributed by atoms with Crippen LogP contribution in [0.15, 0.2) is 0 Å². The molecule has 1 saturated heterocycles. The molecule has 1 heterocycles. The molecule has 2 atom stereocenters. The van der Waals surface area contributed by atoms with Crippen molar-refractivity contribution in [1.29, 1.82) is 0 Å². The Balaban J connectivity index is 2.62.